The van der Waals surface area contributed by atoms with Gasteiger partial charge in [-0.05, 0) is 25.5 Å². The van der Waals surface area contributed by atoms with E-state index >= 15 is 0 Å². The Labute approximate surface area is 75.5 Å². The van der Waals surface area contributed by atoms with Crippen LogP contribution in [0.25, 0.3) is 0 Å². The first-order valence-electron chi connectivity index (χ1n) is 4.01. The number of carbonyl (C=O) groups excluding carboxylic acids is 1. The van der Waals surface area contributed by atoms with Gasteiger partial charge in [0.25, 0.3) is 0 Å². The molecule has 0 aliphatic heterocycles. The van der Waals surface area contributed by atoms with Gasteiger partial charge in [0.05, 0.1) is 6.61 Å². The van der Waals surface area contributed by atoms with Gasteiger partial charge in [-0.1, -0.05) is 0 Å². The molecule has 1 aromatic heterocycles. The van der Waals surface area contributed by atoms with Gasteiger partial charge in [0.2, 0.25) is 5.56 Å². The number of esters is 1. The van der Waals surface area contributed by atoms with Gasteiger partial charge < -0.3 is 9.72 Å². The third kappa shape index (κ3) is 2.43. The van der Waals surface area contributed by atoms with Crippen molar-refractivity contribution >= 4 is 5.97 Å². The van der Waals surface area contributed by atoms with Gasteiger partial charge in [-0.2, -0.15) is 0 Å². The summed E-state index contributed by atoms with van der Waals surface area (Å²) < 4.78 is 4.73. The van der Waals surface area contributed by atoms with Gasteiger partial charge in [-0.25, -0.2) is 4.79 Å². The van der Waals surface area contributed by atoms with Crippen LogP contribution in [0.3, 0.4) is 0 Å². The Morgan fingerprint density at radius 3 is 2.77 bits per heavy atom. The summed E-state index contributed by atoms with van der Waals surface area (Å²) >= 11 is 0. The lowest BCUT2D eigenvalue weighted by molar-refractivity contribution is 0.0519. The van der Waals surface area contributed by atoms with E-state index in [0.29, 0.717) is 6.61 Å². The average Bonchev–Trinajstić information content (AvgIpc) is 2.03. The summed E-state index contributed by atoms with van der Waals surface area (Å²) in [6.45, 7) is 3.76. The molecular formula is C9H11NO3. The standard InChI is InChI=1S/C9H11NO3/c1-3-13-9(12)7-4-6(2)5-8(11)10-7/h4-5H,3H2,1-2H3,(H,10,11). The molecule has 13 heavy (non-hydrogen) atoms. The second kappa shape index (κ2) is 3.89. The Morgan fingerprint density at radius 1 is 1.54 bits per heavy atom. The molecule has 0 radical (unpaired) electrons. The number of hydrogen-bond donors (Lipinski definition) is 1. The van der Waals surface area contributed by atoms with Crippen LogP contribution in [0.1, 0.15) is 23.0 Å². The number of aromatic amines is 1. The summed E-state index contributed by atoms with van der Waals surface area (Å²) in [5.74, 6) is -0.497. The molecule has 0 aliphatic rings. The maximum absolute atomic E-state index is 11.2. The summed E-state index contributed by atoms with van der Waals surface area (Å²) in [6.07, 6.45) is 0. The number of aromatic nitrogens is 1. The number of rotatable bonds is 2. The van der Waals surface area contributed by atoms with Gasteiger partial charge in [0.15, 0.2) is 0 Å². The fourth-order valence-corrected chi connectivity index (χ4v) is 1.000. The lowest BCUT2D eigenvalue weighted by Crippen LogP contribution is -2.14. The molecule has 1 rings (SSSR count). The third-order valence-electron chi connectivity index (χ3n) is 1.48. The SMILES string of the molecule is CCOC(=O)c1cc(C)cc(=O)[nH]1. The number of ether oxygens (including phenoxy) is 1. The molecule has 0 fully saturated rings. The van der Waals surface area contributed by atoms with Crippen LogP contribution in [0.5, 0.6) is 0 Å². The van der Waals surface area contributed by atoms with Crippen LogP contribution in [0, 0.1) is 6.92 Å². The molecule has 4 nitrogen and oxygen atoms in total. The molecule has 1 N–H and O–H groups in total. The molecular weight excluding hydrogens is 170 g/mol. The highest BCUT2D eigenvalue weighted by Gasteiger charge is 2.07. The summed E-state index contributed by atoms with van der Waals surface area (Å²) in [5, 5.41) is 0. The molecule has 70 valence electrons. The molecule has 0 bridgehead atoms. The van der Waals surface area contributed by atoms with Crippen LogP contribution < -0.4 is 5.56 Å². The highest BCUT2D eigenvalue weighted by atomic mass is 16.5. The van der Waals surface area contributed by atoms with Crippen molar-refractivity contribution in [1.82, 2.24) is 4.98 Å². The number of aryl methyl sites for hydroxylation is 1. The minimum Gasteiger partial charge on any atom is -0.461 e. The number of nitrogens with one attached hydrogen (secondary N) is 1. The van der Waals surface area contributed by atoms with Crippen molar-refractivity contribution in [3.05, 3.63) is 33.7 Å². The Kier molecular flexibility index (Phi) is 2.84. The van der Waals surface area contributed by atoms with Crippen molar-refractivity contribution in [3.8, 4) is 0 Å². The summed E-state index contributed by atoms with van der Waals surface area (Å²) in [5.41, 5.74) is 0.654. The molecule has 0 aliphatic carbocycles. The van der Waals surface area contributed by atoms with Crippen LogP contribution in [-0.2, 0) is 4.74 Å². The van der Waals surface area contributed by atoms with Crippen molar-refractivity contribution in [3.63, 3.8) is 0 Å². The smallest absolute Gasteiger partial charge is 0.354 e. The van der Waals surface area contributed by atoms with Crippen molar-refractivity contribution in [2.24, 2.45) is 0 Å². The average molecular weight is 181 g/mol. The molecule has 0 aromatic carbocycles. The van der Waals surface area contributed by atoms with Crippen molar-refractivity contribution in [2.75, 3.05) is 6.61 Å². The molecule has 0 saturated heterocycles. The van der Waals surface area contributed by atoms with Crippen LogP contribution in [0.15, 0.2) is 16.9 Å². The minimum absolute atomic E-state index is 0.201. The predicted octanol–water partition coefficient (Wildman–Crippen LogP) is 0.860. The van der Waals surface area contributed by atoms with Gasteiger partial charge in [-0.15, -0.1) is 0 Å². The lowest BCUT2D eigenvalue weighted by Gasteiger charge is -2.01. The Hall–Kier alpha value is -1.58. The Morgan fingerprint density at radius 2 is 2.23 bits per heavy atom. The zero-order valence-electron chi connectivity index (χ0n) is 7.59. The summed E-state index contributed by atoms with van der Waals surface area (Å²) in [7, 11) is 0. The van der Waals surface area contributed by atoms with E-state index in [4.69, 9.17) is 4.74 Å². The fraction of sp³-hybridized carbons (Fsp3) is 0.333. The first kappa shape index (κ1) is 9.51. The Bertz CT molecular complexity index is 367. The van der Waals surface area contributed by atoms with E-state index < -0.39 is 5.97 Å². The second-order valence-electron chi connectivity index (χ2n) is 2.66. The van der Waals surface area contributed by atoms with Crippen molar-refractivity contribution < 1.29 is 9.53 Å². The normalized spacial score (nSPS) is 9.69. The maximum atomic E-state index is 11.2. The summed E-state index contributed by atoms with van der Waals surface area (Å²) in [6, 6.07) is 3.00. The van der Waals surface area contributed by atoms with E-state index in [0.717, 1.165) is 5.56 Å². The van der Waals surface area contributed by atoms with E-state index in [-0.39, 0.29) is 11.3 Å². The van der Waals surface area contributed by atoms with Crippen LogP contribution in [0.2, 0.25) is 0 Å². The number of H-pyrrole nitrogens is 1. The third-order valence-corrected chi connectivity index (χ3v) is 1.48. The molecule has 4 heteroatoms. The number of pyridine rings is 1. The second-order valence-corrected chi connectivity index (χ2v) is 2.66. The van der Waals surface area contributed by atoms with Gasteiger partial charge >= 0.3 is 5.97 Å². The van der Waals surface area contributed by atoms with Crippen molar-refractivity contribution in [1.29, 1.82) is 0 Å². The van der Waals surface area contributed by atoms with Crippen molar-refractivity contribution in [2.45, 2.75) is 13.8 Å². The monoisotopic (exact) mass is 181 g/mol. The summed E-state index contributed by atoms with van der Waals surface area (Å²) in [4.78, 5) is 24.5. The molecule has 0 amide bonds. The number of hydrogen-bond acceptors (Lipinski definition) is 3. The zero-order valence-corrected chi connectivity index (χ0v) is 7.59. The first-order valence-corrected chi connectivity index (χ1v) is 4.01. The fourth-order valence-electron chi connectivity index (χ4n) is 1.000. The van der Waals surface area contributed by atoms with E-state index in [2.05, 4.69) is 4.98 Å². The maximum Gasteiger partial charge on any atom is 0.354 e. The highest BCUT2D eigenvalue weighted by Crippen LogP contribution is 1.98. The van der Waals surface area contributed by atoms with Gasteiger partial charge in [-0.3, -0.25) is 4.79 Å². The molecule has 1 aromatic rings. The van der Waals surface area contributed by atoms with Crippen LogP contribution in [-0.4, -0.2) is 17.6 Å². The topological polar surface area (TPSA) is 59.2 Å². The quantitative estimate of drug-likeness (QED) is 0.688. The largest absolute Gasteiger partial charge is 0.461 e. The van der Waals surface area contributed by atoms with Crippen LogP contribution >= 0.6 is 0 Å². The van der Waals surface area contributed by atoms with E-state index in [1.807, 2.05) is 0 Å². The van der Waals surface area contributed by atoms with E-state index in [1.165, 1.54) is 6.07 Å². The van der Waals surface area contributed by atoms with Crippen LogP contribution in [0.4, 0.5) is 0 Å². The predicted molar refractivity (Wildman–Crippen MR) is 47.8 cm³/mol. The molecule has 1 heterocycles. The molecule has 0 spiro atoms. The lowest BCUT2D eigenvalue weighted by atomic mass is 10.2. The van der Waals surface area contributed by atoms with Gasteiger partial charge in [0.1, 0.15) is 5.69 Å². The van der Waals surface area contributed by atoms with Gasteiger partial charge in [0, 0.05) is 6.07 Å². The molecule has 0 saturated carbocycles. The zero-order chi connectivity index (χ0) is 9.84. The highest BCUT2D eigenvalue weighted by molar-refractivity contribution is 5.87. The minimum atomic E-state index is -0.497. The number of carbonyl (C=O) groups is 1. The first-order chi connectivity index (χ1) is 6.13. The van der Waals surface area contributed by atoms with E-state index in [1.54, 1.807) is 19.9 Å². The molecule has 0 atom stereocenters. The molecule has 0 unspecified atom stereocenters. The van der Waals surface area contributed by atoms with E-state index in [9.17, 15) is 9.59 Å². The Balaban J connectivity index is 3.01.